The Balaban J connectivity index is 1.95. The predicted octanol–water partition coefficient (Wildman–Crippen LogP) is 3.61. The Morgan fingerprint density at radius 3 is 2.36 bits per heavy atom. The molecule has 2 aromatic rings. The maximum absolute atomic E-state index is 13.1. The van der Waals surface area contributed by atoms with Crippen LogP contribution in [0.2, 0.25) is 0 Å². The Kier molecular flexibility index (Phi) is 5.09. The zero-order chi connectivity index (χ0) is 16.1. The van der Waals surface area contributed by atoms with Crippen molar-refractivity contribution in [1.29, 1.82) is 0 Å². The zero-order valence-corrected chi connectivity index (χ0v) is 12.3. The van der Waals surface area contributed by atoms with Crippen molar-refractivity contribution in [3.05, 3.63) is 65.7 Å². The van der Waals surface area contributed by atoms with Crippen LogP contribution < -0.4 is 10.1 Å². The van der Waals surface area contributed by atoms with E-state index in [1.54, 1.807) is 6.92 Å². The SMILES string of the molecule is CC(Oc1ccc(F)c(F)c1)C(=O)NC(C)c1ccccc1. The highest BCUT2D eigenvalue weighted by atomic mass is 19.2. The molecule has 5 heteroatoms. The van der Waals surface area contributed by atoms with Crippen LogP contribution in [0.4, 0.5) is 8.78 Å². The lowest BCUT2D eigenvalue weighted by Gasteiger charge is -2.19. The first-order chi connectivity index (χ1) is 10.5. The quantitative estimate of drug-likeness (QED) is 0.916. The maximum atomic E-state index is 13.1. The fourth-order valence-electron chi connectivity index (χ4n) is 1.96. The standard InChI is InChI=1S/C17H17F2NO2/c1-11(13-6-4-3-5-7-13)20-17(21)12(2)22-14-8-9-15(18)16(19)10-14/h3-12H,1-2H3,(H,20,21). The molecule has 1 amide bonds. The van der Waals surface area contributed by atoms with Gasteiger partial charge in [0, 0.05) is 6.07 Å². The smallest absolute Gasteiger partial charge is 0.261 e. The molecule has 0 radical (unpaired) electrons. The fourth-order valence-corrected chi connectivity index (χ4v) is 1.96. The molecule has 0 aromatic heterocycles. The van der Waals surface area contributed by atoms with Crippen molar-refractivity contribution in [2.75, 3.05) is 0 Å². The second-order valence-corrected chi connectivity index (χ2v) is 4.98. The van der Waals surface area contributed by atoms with Gasteiger partial charge < -0.3 is 10.1 Å². The summed E-state index contributed by atoms with van der Waals surface area (Å²) in [5.74, 6) is -2.19. The van der Waals surface area contributed by atoms with E-state index in [2.05, 4.69) is 5.32 Å². The van der Waals surface area contributed by atoms with Gasteiger partial charge in [-0.1, -0.05) is 30.3 Å². The lowest BCUT2D eigenvalue weighted by atomic mass is 10.1. The predicted molar refractivity (Wildman–Crippen MR) is 79.4 cm³/mol. The molecule has 0 aliphatic carbocycles. The molecule has 0 aliphatic heterocycles. The average molecular weight is 305 g/mol. The third-order valence-electron chi connectivity index (χ3n) is 3.23. The minimum Gasteiger partial charge on any atom is -0.481 e. The van der Waals surface area contributed by atoms with Gasteiger partial charge in [0.2, 0.25) is 0 Å². The molecule has 0 heterocycles. The molecule has 116 valence electrons. The van der Waals surface area contributed by atoms with Crippen LogP contribution in [0.3, 0.4) is 0 Å². The summed E-state index contributed by atoms with van der Waals surface area (Å²) in [6, 6.07) is 12.5. The Labute approximate surface area is 127 Å². The van der Waals surface area contributed by atoms with E-state index < -0.39 is 17.7 Å². The summed E-state index contributed by atoms with van der Waals surface area (Å²) in [6.07, 6.45) is -0.823. The summed E-state index contributed by atoms with van der Waals surface area (Å²) in [4.78, 5) is 12.1. The van der Waals surface area contributed by atoms with Gasteiger partial charge in [-0.3, -0.25) is 4.79 Å². The van der Waals surface area contributed by atoms with Gasteiger partial charge in [0.1, 0.15) is 5.75 Å². The summed E-state index contributed by atoms with van der Waals surface area (Å²) in [5, 5.41) is 2.81. The van der Waals surface area contributed by atoms with Gasteiger partial charge in [-0.25, -0.2) is 8.78 Å². The fraction of sp³-hybridized carbons (Fsp3) is 0.235. The minimum absolute atomic E-state index is 0.105. The van der Waals surface area contributed by atoms with Gasteiger partial charge in [0.15, 0.2) is 17.7 Å². The third-order valence-corrected chi connectivity index (χ3v) is 3.23. The first kappa shape index (κ1) is 15.9. The van der Waals surface area contributed by atoms with Gasteiger partial charge in [-0.15, -0.1) is 0 Å². The molecule has 2 aromatic carbocycles. The number of ether oxygens (including phenoxy) is 1. The Morgan fingerprint density at radius 1 is 1.05 bits per heavy atom. The van der Waals surface area contributed by atoms with Crippen LogP contribution in [-0.2, 0) is 4.79 Å². The highest BCUT2D eigenvalue weighted by Crippen LogP contribution is 2.17. The van der Waals surface area contributed by atoms with E-state index in [-0.39, 0.29) is 17.7 Å². The van der Waals surface area contributed by atoms with E-state index in [0.29, 0.717) is 0 Å². The van der Waals surface area contributed by atoms with Crippen LogP contribution in [0, 0.1) is 11.6 Å². The molecular formula is C17H17F2NO2. The number of hydrogen-bond donors (Lipinski definition) is 1. The molecule has 0 saturated carbocycles. The Bertz CT molecular complexity index is 646. The Hall–Kier alpha value is -2.43. The molecule has 0 saturated heterocycles. The molecule has 2 unspecified atom stereocenters. The van der Waals surface area contributed by atoms with Gasteiger partial charge in [0.25, 0.3) is 5.91 Å². The zero-order valence-electron chi connectivity index (χ0n) is 12.3. The summed E-state index contributed by atoms with van der Waals surface area (Å²) in [7, 11) is 0. The van der Waals surface area contributed by atoms with Crippen LogP contribution in [0.15, 0.2) is 48.5 Å². The first-order valence-corrected chi connectivity index (χ1v) is 6.94. The van der Waals surface area contributed by atoms with Crippen molar-refractivity contribution >= 4 is 5.91 Å². The molecular weight excluding hydrogens is 288 g/mol. The number of benzene rings is 2. The van der Waals surface area contributed by atoms with Crippen LogP contribution in [-0.4, -0.2) is 12.0 Å². The van der Waals surface area contributed by atoms with Crippen molar-refractivity contribution in [1.82, 2.24) is 5.32 Å². The lowest BCUT2D eigenvalue weighted by Crippen LogP contribution is -2.37. The van der Waals surface area contributed by atoms with Crippen LogP contribution in [0.1, 0.15) is 25.5 Å². The highest BCUT2D eigenvalue weighted by Gasteiger charge is 2.18. The molecule has 2 atom stereocenters. The van der Waals surface area contributed by atoms with Crippen LogP contribution in [0.25, 0.3) is 0 Å². The van der Waals surface area contributed by atoms with Crippen molar-refractivity contribution in [3.8, 4) is 5.75 Å². The number of halogens is 2. The lowest BCUT2D eigenvalue weighted by molar-refractivity contribution is -0.127. The van der Waals surface area contributed by atoms with E-state index in [1.165, 1.54) is 6.07 Å². The number of hydrogen-bond acceptors (Lipinski definition) is 2. The van der Waals surface area contributed by atoms with E-state index in [9.17, 15) is 13.6 Å². The summed E-state index contributed by atoms with van der Waals surface area (Å²) >= 11 is 0. The van der Waals surface area contributed by atoms with Crippen molar-refractivity contribution < 1.29 is 18.3 Å². The molecule has 1 N–H and O–H groups in total. The van der Waals surface area contributed by atoms with Gasteiger partial charge in [-0.2, -0.15) is 0 Å². The van der Waals surface area contributed by atoms with Crippen molar-refractivity contribution in [2.24, 2.45) is 0 Å². The molecule has 3 nitrogen and oxygen atoms in total. The molecule has 2 rings (SSSR count). The third kappa shape index (κ3) is 4.04. The summed E-state index contributed by atoms with van der Waals surface area (Å²) in [5.41, 5.74) is 0.968. The van der Waals surface area contributed by atoms with Gasteiger partial charge in [0.05, 0.1) is 6.04 Å². The molecule has 0 aliphatic rings. The van der Waals surface area contributed by atoms with E-state index in [4.69, 9.17) is 4.74 Å². The molecule has 22 heavy (non-hydrogen) atoms. The van der Waals surface area contributed by atoms with E-state index in [0.717, 1.165) is 17.7 Å². The van der Waals surface area contributed by atoms with Gasteiger partial charge >= 0.3 is 0 Å². The topological polar surface area (TPSA) is 38.3 Å². The van der Waals surface area contributed by atoms with Crippen molar-refractivity contribution in [3.63, 3.8) is 0 Å². The number of amides is 1. The largest absolute Gasteiger partial charge is 0.481 e. The van der Waals surface area contributed by atoms with Crippen LogP contribution >= 0.6 is 0 Å². The second-order valence-electron chi connectivity index (χ2n) is 4.98. The summed E-state index contributed by atoms with van der Waals surface area (Å²) in [6.45, 7) is 3.41. The van der Waals surface area contributed by atoms with E-state index in [1.807, 2.05) is 37.3 Å². The van der Waals surface area contributed by atoms with Gasteiger partial charge in [-0.05, 0) is 31.5 Å². The number of carbonyl (C=O) groups excluding carboxylic acids is 1. The normalized spacial score (nSPS) is 13.3. The molecule has 0 bridgehead atoms. The highest BCUT2D eigenvalue weighted by molar-refractivity contribution is 5.81. The second kappa shape index (κ2) is 7.02. The number of carbonyl (C=O) groups is 1. The number of nitrogens with one attached hydrogen (secondary N) is 1. The number of rotatable bonds is 5. The maximum Gasteiger partial charge on any atom is 0.261 e. The Morgan fingerprint density at radius 2 is 1.73 bits per heavy atom. The van der Waals surface area contributed by atoms with Crippen LogP contribution in [0.5, 0.6) is 5.75 Å². The minimum atomic E-state index is -1.01. The first-order valence-electron chi connectivity index (χ1n) is 6.94. The molecule has 0 fully saturated rings. The monoisotopic (exact) mass is 305 g/mol. The average Bonchev–Trinajstić information content (AvgIpc) is 2.51. The van der Waals surface area contributed by atoms with Crippen molar-refractivity contribution in [2.45, 2.75) is 26.0 Å². The molecule has 0 spiro atoms. The van der Waals surface area contributed by atoms with E-state index >= 15 is 0 Å². The summed E-state index contributed by atoms with van der Waals surface area (Å²) < 4.78 is 31.3.